The van der Waals surface area contributed by atoms with Gasteiger partial charge >= 0.3 is 0 Å². The van der Waals surface area contributed by atoms with Crippen molar-refractivity contribution in [1.29, 1.82) is 0 Å². The first-order valence-electron chi connectivity index (χ1n) is 13.5. The Labute approximate surface area is 228 Å². The zero-order chi connectivity index (χ0) is 27.9. The average molecular weight is 524 g/mol. The number of methoxy groups -OCH3 is 1. The number of hydrogen-bond acceptors (Lipinski definition) is 6. The number of carbonyl (C=O) groups is 2. The molecule has 0 saturated heterocycles. The van der Waals surface area contributed by atoms with Crippen LogP contribution in [0.1, 0.15) is 66.7 Å². The minimum atomic E-state index is -0.503. The zero-order valence-corrected chi connectivity index (χ0v) is 23.6. The molecule has 0 aromatic heterocycles. The molecule has 3 unspecified atom stereocenters. The van der Waals surface area contributed by atoms with Gasteiger partial charge in [0.1, 0.15) is 6.29 Å². The third-order valence-electron chi connectivity index (χ3n) is 6.60. The second-order valence-electron chi connectivity index (χ2n) is 9.99. The van der Waals surface area contributed by atoms with Crippen molar-refractivity contribution in [2.45, 2.75) is 58.5 Å². The standard InChI is InChI=1S/C31H45N3O4/c1-6-8-23(2)19-27-13-14-28(21-30(27)34(4)15-18-38-17-7-16-37-5)31(36)33-24(3)26-11-9-25(10-12-26)20-29(32)22-35/h7,9-14,16,21-24,29H,6,8,15,17-20,32H2,1-5H3,(H,33,36)/b16-7+. The van der Waals surface area contributed by atoms with E-state index in [1.807, 2.05) is 56.4 Å². The van der Waals surface area contributed by atoms with E-state index < -0.39 is 6.04 Å². The van der Waals surface area contributed by atoms with E-state index in [9.17, 15) is 9.59 Å². The molecule has 7 heteroatoms. The summed E-state index contributed by atoms with van der Waals surface area (Å²) in [6.45, 7) is 8.22. The minimum Gasteiger partial charge on any atom is -0.505 e. The molecule has 0 aliphatic carbocycles. The summed E-state index contributed by atoms with van der Waals surface area (Å²) >= 11 is 0. The maximum Gasteiger partial charge on any atom is 0.251 e. The SMILES string of the molecule is CCCC(C)Cc1ccc(C(=O)NC(C)c2ccc(CC(N)C=O)cc2)cc1N(C)CCOC/C=C/OC. The van der Waals surface area contributed by atoms with Crippen LogP contribution in [-0.4, -0.2) is 52.2 Å². The van der Waals surface area contributed by atoms with Gasteiger partial charge in [-0.25, -0.2) is 0 Å². The lowest BCUT2D eigenvalue weighted by Gasteiger charge is -2.25. The Hall–Kier alpha value is -3.16. The molecule has 0 aliphatic heterocycles. The Bertz CT molecular complexity index is 1020. The quantitative estimate of drug-likeness (QED) is 0.175. The highest BCUT2D eigenvalue weighted by atomic mass is 16.5. The van der Waals surface area contributed by atoms with Gasteiger partial charge in [-0.05, 0) is 60.6 Å². The first kappa shape index (κ1) is 31.1. The van der Waals surface area contributed by atoms with Crippen LogP contribution in [0.5, 0.6) is 0 Å². The van der Waals surface area contributed by atoms with Crippen LogP contribution in [0.3, 0.4) is 0 Å². The van der Waals surface area contributed by atoms with E-state index in [0.29, 0.717) is 37.7 Å². The fraction of sp³-hybridized carbons (Fsp3) is 0.484. The molecule has 208 valence electrons. The molecular weight excluding hydrogens is 478 g/mol. The number of hydrogen-bond donors (Lipinski definition) is 2. The number of rotatable bonds is 17. The van der Waals surface area contributed by atoms with Gasteiger partial charge < -0.3 is 30.2 Å². The Morgan fingerprint density at radius 2 is 1.87 bits per heavy atom. The van der Waals surface area contributed by atoms with E-state index in [0.717, 1.165) is 42.4 Å². The van der Waals surface area contributed by atoms with Gasteiger partial charge in [0.25, 0.3) is 5.91 Å². The summed E-state index contributed by atoms with van der Waals surface area (Å²) in [6.07, 6.45) is 7.97. The van der Waals surface area contributed by atoms with Crippen molar-refractivity contribution in [2.75, 3.05) is 38.8 Å². The molecule has 0 fully saturated rings. The number of ether oxygens (including phenoxy) is 2. The third-order valence-corrected chi connectivity index (χ3v) is 6.60. The van der Waals surface area contributed by atoms with Gasteiger partial charge in [-0.3, -0.25) is 4.79 Å². The van der Waals surface area contributed by atoms with Crippen LogP contribution in [0.4, 0.5) is 5.69 Å². The Kier molecular flexibility index (Phi) is 13.6. The summed E-state index contributed by atoms with van der Waals surface area (Å²) in [6, 6.07) is 13.2. The largest absolute Gasteiger partial charge is 0.505 e. The van der Waals surface area contributed by atoms with Gasteiger partial charge in [-0.1, -0.05) is 57.0 Å². The maximum atomic E-state index is 13.2. The number of nitrogens with one attached hydrogen (secondary N) is 1. The Morgan fingerprint density at radius 3 is 2.53 bits per heavy atom. The molecule has 3 N–H and O–H groups in total. The zero-order valence-electron chi connectivity index (χ0n) is 23.6. The van der Waals surface area contributed by atoms with Gasteiger partial charge in [-0.15, -0.1) is 0 Å². The minimum absolute atomic E-state index is 0.117. The molecular formula is C31H45N3O4. The molecule has 0 heterocycles. The number of likely N-dealkylation sites (N-methyl/N-ethyl adjacent to an activating group) is 1. The van der Waals surface area contributed by atoms with E-state index in [1.165, 1.54) is 5.56 Å². The molecule has 0 bridgehead atoms. The molecule has 2 rings (SSSR count). The lowest BCUT2D eigenvalue weighted by Crippen LogP contribution is -2.28. The summed E-state index contributed by atoms with van der Waals surface area (Å²) in [7, 11) is 3.65. The van der Waals surface area contributed by atoms with Crippen LogP contribution in [-0.2, 0) is 27.1 Å². The Morgan fingerprint density at radius 1 is 1.13 bits per heavy atom. The van der Waals surface area contributed by atoms with Crippen LogP contribution in [0.25, 0.3) is 0 Å². The third kappa shape index (κ3) is 10.3. The van der Waals surface area contributed by atoms with Crippen molar-refractivity contribution in [3.8, 4) is 0 Å². The van der Waals surface area contributed by atoms with E-state index in [4.69, 9.17) is 15.2 Å². The van der Waals surface area contributed by atoms with Crippen LogP contribution in [0.2, 0.25) is 0 Å². The summed E-state index contributed by atoms with van der Waals surface area (Å²) in [5.74, 6) is 0.444. The summed E-state index contributed by atoms with van der Waals surface area (Å²) in [5.41, 5.74) is 10.6. The van der Waals surface area contributed by atoms with Crippen LogP contribution >= 0.6 is 0 Å². The van der Waals surface area contributed by atoms with Crippen molar-refractivity contribution in [3.05, 3.63) is 77.1 Å². The first-order chi connectivity index (χ1) is 18.3. The van der Waals surface area contributed by atoms with Gasteiger partial charge in [0.2, 0.25) is 0 Å². The number of anilines is 1. The smallest absolute Gasteiger partial charge is 0.251 e. The molecule has 0 spiro atoms. The van der Waals surface area contributed by atoms with Crippen molar-refractivity contribution < 1.29 is 19.1 Å². The van der Waals surface area contributed by atoms with Gasteiger partial charge in [0, 0.05) is 24.8 Å². The van der Waals surface area contributed by atoms with Crippen molar-refractivity contribution >= 4 is 17.9 Å². The average Bonchev–Trinajstić information content (AvgIpc) is 2.91. The fourth-order valence-corrected chi connectivity index (χ4v) is 4.44. The molecule has 0 aliphatic rings. The number of benzene rings is 2. The second-order valence-corrected chi connectivity index (χ2v) is 9.99. The molecule has 38 heavy (non-hydrogen) atoms. The predicted octanol–water partition coefficient (Wildman–Crippen LogP) is 4.84. The summed E-state index contributed by atoms with van der Waals surface area (Å²) in [4.78, 5) is 26.2. The predicted molar refractivity (Wildman–Crippen MR) is 155 cm³/mol. The lowest BCUT2D eigenvalue weighted by atomic mass is 9.94. The highest BCUT2D eigenvalue weighted by molar-refractivity contribution is 5.95. The lowest BCUT2D eigenvalue weighted by molar-refractivity contribution is -0.108. The van der Waals surface area contributed by atoms with E-state index in [2.05, 4.69) is 30.1 Å². The topological polar surface area (TPSA) is 93.9 Å². The van der Waals surface area contributed by atoms with Crippen LogP contribution in [0, 0.1) is 5.92 Å². The molecule has 3 atom stereocenters. The summed E-state index contributed by atoms with van der Waals surface area (Å²) in [5, 5.41) is 3.12. The maximum absolute atomic E-state index is 13.2. The van der Waals surface area contributed by atoms with Crippen molar-refractivity contribution in [2.24, 2.45) is 11.7 Å². The van der Waals surface area contributed by atoms with Gasteiger partial charge in [0.15, 0.2) is 0 Å². The number of nitrogens with two attached hydrogens (primary N) is 1. The highest BCUT2D eigenvalue weighted by Gasteiger charge is 2.17. The van der Waals surface area contributed by atoms with E-state index in [-0.39, 0.29) is 11.9 Å². The Balaban J connectivity index is 2.13. The van der Waals surface area contributed by atoms with Crippen molar-refractivity contribution in [1.82, 2.24) is 5.32 Å². The van der Waals surface area contributed by atoms with E-state index >= 15 is 0 Å². The number of nitrogens with zero attached hydrogens (tertiary/aromatic N) is 1. The normalized spacial score (nSPS) is 13.6. The van der Waals surface area contributed by atoms with Gasteiger partial charge in [-0.2, -0.15) is 0 Å². The molecule has 2 aromatic carbocycles. The van der Waals surface area contributed by atoms with E-state index in [1.54, 1.807) is 13.4 Å². The molecule has 1 amide bonds. The van der Waals surface area contributed by atoms with Crippen molar-refractivity contribution in [3.63, 3.8) is 0 Å². The second kappa shape index (κ2) is 16.6. The molecule has 0 saturated carbocycles. The number of carbonyl (C=O) groups excluding carboxylic acids is 2. The molecule has 0 radical (unpaired) electrons. The number of amides is 1. The van der Waals surface area contributed by atoms with Crippen LogP contribution < -0.4 is 16.0 Å². The molecule has 7 nitrogen and oxygen atoms in total. The van der Waals surface area contributed by atoms with Crippen LogP contribution in [0.15, 0.2) is 54.8 Å². The number of aldehydes is 1. The summed E-state index contributed by atoms with van der Waals surface area (Å²) < 4.78 is 10.6. The fourth-order valence-electron chi connectivity index (χ4n) is 4.44. The monoisotopic (exact) mass is 523 g/mol. The van der Waals surface area contributed by atoms with Gasteiger partial charge in [0.05, 0.1) is 38.7 Å². The molecule has 2 aromatic rings. The highest BCUT2D eigenvalue weighted by Crippen LogP contribution is 2.26. The first-order valence-corrected chi connectivity index (χ1v) is 13.5.